The molecule has 0 amide bonds. The molecule has 2 N–H and O–H groups in total. The van der Waals surface area contributed by atoms with Gasteiger partial charge in [0, 0.05) is 18.0 Å². The van der Waals surface area contributed by atoms with Gasteiger partial charge in [0.25, 0.3) is 5.56 Å². The van der Waals surface area contributed by atoms with Crippen LogP contribution in [0.3, 0.4) is 0 Å². The highest BCUT2D eigenvalue weighted by atomic mass is 35.5. The monoisotopic (exact) mass is 481 g/mol. The molecule has 0 aliphatic carbocycles. The molecule has 9 nitrogen and oxygen atoms in total. The van der Waals surface area contributed by atoms with Crippen LogP contribution in [0.2, 0.25) is 5.15 Å². The number of rotatable bonds is 4. The van der Waals surface area contributed by atoms with Gasteiger partial charge in [-0.2, -0.15) is 13.2 Å². The molecule has 160 valence electrons. The number of thiazole rings is 1. The minimum atomic E-state index is -4.99. The Morgan fingerprint density at radius 1 is 1.23 bits per heavy atom. The van der Waals surface area contributed by atoms with E-state index in [0.717, 1.165) is 24.6 Å². The number of nitrogens with one attached hydrogen (secondary N) is 2. The molecule has 30 heavy (non-hydrogen) atoms. The van der Waals surface area contributed by atoms with Crippen molar-refractivity contribution in [1.29, 1.82) is 0 Å². The van der Waals surface area contributed by atoms with E-state index < -0.39 is 38.7 Å². The zero-order valence-corrected chi connectivity index (χ0v) is 17.4. The van der Waals surface area contributed by atoms with E-state index >= 15 is 0 Å². The summed E-state index contributed by atoms with van der Waals surface area (Å²) in [6.45, 7) is 0. The summed E-state index contributed by atoms with van der Waals surface area (Å²) in [4.78, 5) is 33.5. The largest absolute Gasteiger partial charge is 0.432 e. The molecule has 0 atom stereocenters. The topological polar surface area (TPSA) is 127 Å². The van der Waals surface area contributed by atoms with Crippen molar-refractivity contribution in [2.45, 2.75) is 6.18 Å². The Kier molecular flexibility index (Phi) is 5.51. The highest BCUT2D eigenvalue weighted by Crippen LogP contribution is 2.36. The van der Waals surface area contributed by atoms with Crippen molar-refractivity contribution in [3.63, 3.8) is 0 Å². The van der Waals surface area contributed by atoms with E-state index in [2.05, 4.69) is 14.7 Å². The average Bonchev–Trinajstić information content (AvgIpc) is 3.04. The third-order valence-electron chi connectivity index (χ3n) is 3.69. The normalized spacial score (nSPS) is 12.2. The van der Waals surface area contributed by atoms with E-state index in [-0.39, 0.29) is 31.8 Å². The maximum absolute atomic E-state index is 13.5. The number of sulfonamides is 1. The molecule has 0 saturated heterocycles. The van der Waals surface area contributed by atoms with Crippen molar-refractivity contribution in [3.05, 3.63) is 49.2 Å². The van der Waals surface area contributed by atoms with Gasteiger partial charge in [-0.15, -0.1) is 11.3 Å². The molecule has 0 radical (unpaired) electrons. The van der Waals surface area contributed by atoms with Crippen molar-refractivity contribution in [3.8, 4) is 21.8 Å². The molecular weight excluding hydrogens is 471 g/mol. The number of H-pyrrole nitrogens is 1. The minimum Gasteiger partial charge on any atom is -0.292 e. The third kappa shape index (κ3) is 4.55. The van der Waals surface area contributed by atoms with Crippen molar-refractivity contribution in [2.24, 2.45) is 7.05 Å². The van der Waals surface area contributed by atoms with Gasteiger partial charge < -0.3 is 0 Å². The average molecular weight is 482 g/mol. The minimum absolute atomic E-state index is 0.0934. The Morgan fingerprint density at radius 3 is 2.50 bits per heavy atom. The second-order valence-electron chi connectivity index (χ2n) is 6.02. The summed E-state index contributed by atoms with van der Waals surface area (Å²) in [7, 11) is -2.78. The lowest BCUT2D eigenvalue weighted by Gasteiger charge is -2.14. The number of anilines is 1. The Balaban J connectivity index is 2.17. The van der Waals surface area contributed by atoms with E-state index in [1.807, 2.05) is 4.98 Å². The fourth-order valence-corrected chi connectivity index (χ4v) is 4.12. The summed E-state index contributed by atoms with van der Waals surface area (Å²) in [6.07, 6.45) is -4.09. The van der Waals surface area contributed by atoms with E-state index in [4.69, 9.17) is 11.6 Å². The first-order valence-electron chi connectivity index (χ1n) is 7.78. The predicted octanol–water partition coefficient (Wildman–Crippen LogP) is 2.30. The molecule has 0 spiro atoms. The van der Waals surface area contributed by atoms with E-state index in [1.54, 1.807) is 0 Å². The van der Waals surface area contributed by atoms with Gasteiger partial charge in [-0.05, 0) is 12.1 Å². The van der Waals surface area contributed by atoms with Crippen LogP contribution in [0.1, 0.15) is 5.69 Å². The highest BCUT2D eigenvalue weighted by molar-refractivity contribution is 7.92. The lowest BCUT2D eigenvalue weighted by atomic mass is 10.2. The number of halogens is 4. The van der Waals surface area contributed by atoms with Crippen molar-refractivity contribution >= 4 is 38.8 Å². The lowest BCUT2D eigenvalue weighted by molar-refractivity contribution is -0.143. The summed E-state index contributed by atoms with van der Waals surface area (Å²) in [5, 5.41) is 0.972. The third-order valence-corrected chi connectivity index (χ3v) is 5.32. The van der Waals surface area contributed by atoms with Crippen LogP contribution in [-0.4, -0.2) is 34.2 Å². The smallest absolute Gasteiger partial charge is 0.292 e. The van der Waals surface area contributed by atoms with E-state index in [1.165, 1.54) is 17.5 Å². The zero-order chi connectivity index (χ0) is 22.4. The van der Waals surface area contributed by atoms with Gasteiger partial charge >= 0.3 is 11.9 Å². The van der Waals surface area contributed by atoms with Crippen LogP contribution >= 0.6 is 22.9 Å². The van der Waals surface area contributed by atoms with Gasteiger partial charge in [-0.3, -0.25) is 19.1 Å². The molecule has 0 aromatic carbocycles. The van der Waals surface area contributed by atoms with Crippen molar-refractivity contribution in [2.75, 3.05) is 11.0 Å². The maximum atomic E-state index is 13.5. The lowest BCUT2D eigenvalue weighted by Crippen LogP contribution is -2.35. The molecule has 0 unspecified atom stereocenters. The van der Waals surface area contributed by atoms with Crippen LogP contribution in [0.15, 0.2) is 27.1 Å². The van der Waals surface area contributed by atoms with Crippen molar-refractivity contribution < 1.29 is 21.6 Å². The van der Waals surface area contributed by atoms with Gasteiger partial charge in [-0.25, -0.2) is 23.2 Å². The van der Waals surface area contributed by atoms with Gasteiger partial charge in [0.15, 0.2) is 0 Å². The summed E-state index contributed by atoms with van der Waals surface area (Å²) >= 11 is 6.62. The molecule has 3 heterocycles. The van der Waals surface area contributed by atoms with Gasteiger partial charge in [-0.1, -0.05) is 11.6 Å². The SMILES string of the molecule is Cn1c(C(F)(F)F)c(-c2nc(-c3cc(Cl)nc(NS(C)(=O)=O)c3)cs2)c(=O)[nH]c1=O. The maximum Gasteiger partial charge on any atom is 0.432 e. The van der Waals surface area contributed by atoms with Crippen molar-refractivity contribution in [1.82, 2.24) is 19.5 Å². The number of aromatic amines is 1. The van der Waals surface area contributed by atoms with Gasteiger partial charge in [0.1, 0.15) is 27.2 Å². The second kappa shape index (κ2) is 7.52. The molecule has 3 rings (SSSR count). The number of aromatic nitrogens is 4. The zero-order valence-electron chi connectivity index (χ0n) is 15.0. The number of nitrogens with zero attached hydrogens (tertiary/aromatic N) is 3. The number of pyridine rings is 1. The van der Waals surface area contributed by atoms with E-state index in [9.17, 15) is 31.2 Å². The predicted molar refractivity (Wildman–Crippen MR) is 105 cm³/mol. The summed E-state index contributed by atoms with van der Waals surface area (Å²) in [5.74, 6) is -0.120. The molecule has 15 heteroatoms. The molecular formula is C15H11ClF3N5O4S2. The Morgan fingerprint density at radius 2 is 1.90 bits per heavy atom. The second-order valence-corrected chi connectivity index (χ2v) is 9.01. The molecule has 0 bridgehead atoms. The Hall–Kier alpha value is -2.71. The van der Waals surface area contributed by atoms with Crippen LogP contribution in [-0.2, 0) is 23.2 Å². The van der Waals surface area contributed by atoms with Crippen LogP contribution in [0.4, 0.5) is 19.0 Å². The van der Waals surface area contributed by atoms with Crippen LogP contribution < -0.4 is 16.0 Å². The Bertz CT molecular complexity index is 1360. The van der Waals surface area contributed by atoms with E-state index in [0.29, 0.717) is 0 Å². The number of hydrogen-bond donors (Lipinski definition) is 2. The summed E-state index contributed by atoms with van der Waals surface area (Å²) in [5.41, 5.74) is -4.33. The summed E-state index contributed by atoms with van der Waals surface area (Å²) in [6, 6.07) is 2.60. The molecule has 3 aromatic heterocycles. The fourth-order valence-electron chi connectivity index (χ4n) is 2.56. The number of hydrogen-bond acceptors (Lipinski definition) is 7. The van der Waals surface area contributed by atoms with Crippen LogP contribution in [0.5, 0.6) is 0 Å². The van der Waals surface area contributed by atoms with Crippen LogP contribution in [0.25, 0.3) is 21.8 Å². The standard InChI is InChI=1S/C15H11ClF3N5O4S2/c1-24-11(15(17,18)19)10(12(25)22-14(24)26)13-20-7(5-29-13)6-3-8(16)21-9(4-6)23-30(2,27)28/h3-5H,1-2H3,(H,21,23)(H,22,25,26). The molecule has 0 fully saturated rings. The quantitative estimate of drug-likeness (QED) is 0.550. The van der Waals surface area contributed by atoms with Gasteiger partial charge in [0.2, 0.25) is 10.0 Å². The molecule has 3 aromatic rings. The molecule has 0 aliphatic rings. The summed E-state index contributed by atoms with van der Waals surface area (Å²) < 4.78 is 65.8. The molecule has 0 aliphatic heterocycles. The first-order chi connectivity index (χ1) is 13.8. The van der Waals surface area contributed by atoms with Gasteiger partial charge in [0.05, 0.1) is 11.9 Å². The fraction of sp³-hybridized carbons (Fsp3) is 0.200. The first kappa shape index (κ1) is 22.0. The Labute approximate surface area is 175 Å². The number of alkyl halides is 3. The molecule has 0 saturated carbocycles. The highest BCUT2D eigenvalue weighted by Gasteiger charge is 2.39. The first-order valence-corrected chi connectivity index (χ1v) is 10.9. The van der Waals surface area contributed by atoms with Crippen LogP contribution in [0, 0.1) is 0 Å².